The van der Waals surface area contributed by atoms with Gasteiger partial charge in [0, 0.05) is 30.4 Å². The van der Waals surface area contributed by atoms with Gasteiger partial charge in [0.2, 0.25) is 5.76 Å². The maximum absolute atomic E-state index is 12.1. The van der Waals surface area contributed by atoms with Gasteiger partial charge < -0.3 is 15.1 Å². The Morgan fingerprint density at radius 2 is 1.21 bits per heavy atom. The predicted octanol–water partition coefficient (Wildman–Crippen LogP) is 4.60. The molecule has 0 radical (unpaired) electrons. The maximum Gasteiger partial charge on any atom is 0.371 e. The monoisotopic (exact) mass is 387 g/mol. The van der Waals surface area contributed by atoms with Gasteiger partial charge in [-0.15, -0.1) is 0 Å². The van der Waals surface area contributed by atoms with Crippen molar-refractivity contribution >= 4 is 17.4 Å². The standard InChI is InChI=1S/C24H21NO4/c26-22(15-23(27)24(28)29)20-11-13-21(14-12-20)25(16-18-7-3-1-4-8-18)17-19-9-5-2-6-10-19/h1-15,27H,16-17H2,(H,28,29). The van der Waals surface area contributed by atoms with Crippen molar-refractivity contribution in [3.05, 3.63) is 113 Å². The number of benzene rings is 3. The number of carbonyl (C=O) groups excluding carboxylic acids is 1. The second-order valence-electron chi connectivity index (χ2n) is 6.57. The molecule has 0 aliphatic carbocycles. The molecule has 0 saturated carbocycles. The summed E-state index contributed by atoms with van der Waals surface area (Å²) in [7, 11) is 0. The Morgan fingerprint density at radius 3 is 1.66 bits per heavy atom. The zero-order valence-corrected chi connectivity index (χ0v) is 15.7. The number of aliphatic carboxylic acids is 1. The third-order valence-electron chi connectivity index (χ3n) is 4.44. The molecule has 5 heteroatoms. The van der Waals surface area contributed by atoms with E-state index >= 15 is 0 Å². The summed E-state index contributed by atoms with van der Waals surface area (Å²) in [4.78, 5) is 25.0. The summed E-state index contributed by atoms with van der Waals surface area (Å²) >= 11 is 0. The Balaban J connectivity index is 1.84. The number of nitrogens with zero attached hydrogens (tertiary/aromatic N) is 1. The molecule has 0 amide bonds. The minimum atomic E-state index is -1.54. The van der Waals surface area contributed by atoms with Crippen molar-refractivity contribution in [1.82, 2.24) is 0 Å². The van der Waals surface area contributed by atoms with E-state index in [0.717, 1.165) is 16.8 Å². The molecule has 0 heterocycles. The molecular weight excluding hydrogens is 366 g/mol. The van der Waals surface area contributed by atoms with Crippen LogP contribution in [0, 0.1) is 0 Å². The van der Waals surface area contributed by atoms with E-state index in [4.69, 9.17) is 5.11 Å². The number of hydrogen-bond acceptors (Lipinski definition) is 4. The van der Waals surface area contributed by atoms with Crippen molar-refractivity contribution in [3.8, 4) is 0 Å². The number of allylic oxidation sites excluding steroid dienone is 1. The second-order valence-corrected chi connectivity index (χ2v) is 6.57. The van der Waals surface area contributed by atoms with Gasteiger partial charge in [-0.25, -0.2) is 4.79 Å². The molecule has 0 spiro atoms. The molecule has 3 rings (SSSR count). The molecule has 2 N–H and O–H groups in total. The van der Waals surface area contributed by atoms with E-state index in [2.05, 4.69) is 29.2 Å². The van der Waals surface area contributed by atoms with E-state index in [1.165, 1.54) is 0 Å². The number of rotatable bonds is 8. The number of carbonyl (C=O) groups is 2. The highest BCUT2D eigenvalue weighted by Gasteiger charge is 2.12. The smallest absolute Gasteiger partial charge is 0.371 e. The Labute approximate surface area is 169 Å². The maximum atomic E-state index is 12.1. The molecule has 3 aromatic carbocycles. The first-order chi connectivity index (χ1) is 14.0. The third kappa shape index (κ3) is 5.56. The van der Waals surface area contributed by atoms with Gasteiger partial charge in [0.1, 0.15) is 0 Å². The van der Waals surface area contributed by atoms with Crippen LogP contribution in [0.15, 0.2) is 96.8 Å². The molecule has 5 nitrogen and oxygen atoms in total. The van der Waals surface area contributed by atoms with Crippen molar-refractivity contribution in [2.45, 2.75) is 13.1 Å². The van der Waals surface area contributed by atoms with Crippen LogP contribution in [0.4, 0.5) is 5.69 Å². The number of aliphatic hydroxyl groups excluding tert-OH is 1. The van der Waals surface area contributed by atoms with Crippen molar-refractivity contribution in [1.29, 1.82) is 0 Å². The Kier molecular flexibility index (Phi) is 6.43. The lowest BCUT2D eigenvalue weighted by Gasteiger charge is -2.25. The zero-order chi connectivity index (χ0) is 20.6. The molecule has 0 aromatic heterocycles. The van der Waals surface area contributed by atoms with Crippen LogP contribution in [-0.4, -0.2) is 22.0 Å². The van der Waals surface area contributed by atoms with Crippen molar-refractivity contribution < 1.29 is 19.8 Å². The molecule has 0 atom stereocenters. The van der Waals surface area contributed by atoms with E-state index in [1.54, 1.807) is 12.1 Å². The fraction of sp³-hybridized carbons (Fsp3) is 0.0833. The van der Waals surface area contributed by atoms with Crippen LogP contribution in [0.2, 0.25) is 0 Å². The first-order valence-electron chi connectivity index (χ1n) is 9.14. The van der Waals surface area contributed by atoms with Gasteiger partial charge in [0.05, 0.1) is 0 Å². The van der Waals surface area contributed by atoms with Crippen molar-refractivity contribution in [2.75, 3.05) is 4.90 Å². The fourth-order valence-electron chi connectivity index (χ4n) is 2.95. The van der Waals surface area contributed by atoms with Crippen LogP contribution in [0.1, 0.15) is 21.5 Å². The Hall–Kier alpha value is -3.86. The summed E-state index contributed by atoms with van der Waals surface area (Å²) < 4.78 is 0. The number of anilines is 1. The molecule has 0 aliphatic rings. The van der Waals surface area contributed by atoms with Crippen LogP contribution < -0.4 is 4.90 Å². The summed E-state index contributed by atoms with van der Waals surface area (Å²) in [5, 5.41) is 18.0. The number of aliphatic hydroxyl groups is 1. The van der Waals surface area contributed by atoms with E-state index < -0.39 is 17.5 Å². The average Bonchev–Trinajstić information content (AvgIpc) is 2.75. The number of hydrogen-bond donors (Lipinski definition) is 2. The number of carboxylic acids is 1. The van der Waals surface area contributed by atoms with Crippen molar-refractivity contribution in [2.24, 2.45) is 0 Å². The van der Waals surface area contributed by atoms with Crippen LogP contribution in [0.5, 0.6) is 0 Å². The number of carboxylic acid groups (broad SMARTS) is 1. The zero-order valence-electron chi connectivity index (χ0n) is 15.7. The summed E-state index contributed by atoms with van der Waals surface area (Å²) in [6.07, 6.45) is 0.711. The minimum Gasteiger partial charge on any atom is -0.502 e. The fourth-order valence-corrected chi connectivity index (χ4v) is 2.95. The van der Waals surface area contributed by atoms with Gasteiger partial charge in [-0.2, -0.15) is 0 Å². The third-order valence-corrected chi connectivity index (χ3v) is 4.44. The lowest BCUT2D eigenvalue weighted by Crippen LogP contribution is -2.22. The molecule has 29 heavy (non-hydrogen) atoms. The second kappa shape index (κ2) is 9.37. The molecule has 0 aliphatic heterocycles. The van der Waals surface area contributed by atoms with Gasteiger partial charge in [-0.3, -0.25) is 4.79 Å². The average molecular weight is 387 g/mol. The van der Waals surface area contributed by atoms with Gasteiger partial charge in [0.15, 0.2) is 5.78 Å². The topological polar surface area (TPSA) is 77.8 Å². The van der Waals surface area contributed by atoms with E-state index in [1.807, 2.05) is 48.5 Å². The molecule has 0 fully saturated rings. The molecule has 0 saturated heterocycles. The highest BCUT2D eigenvalue weighted by molar-refractivity contribution is 6.07. The Bertz CT molecular complexity index is 955. The highest BCUT2D eigenvalue weighted by Crippen LogP contribution is 2.21. The molecule has 146 valence electrons. The van der Waals surface area contributed by atoms with Gasteiger partial charge >= 0.3 is 5.97 Å². The van der Waals surface area contributed by atoms with Gasteiger partial charge in [-0.1, -0.05) is 60.7 Å². The molecule has 3 aromatic rings. The molecular formula is C24H21NO4. The van der Waals surface area contributed by atoms with Crippen molar-refractivity contribution in [3.63, 3.8) is 0 Å². The molecule has 0 bridgehead atoms. The van der Waals surface area contributed by atoms with E-state index in [9.17, 15) is 14.7 Å². The predicted molar refractivity (Wildman–Crippen MR) is 112 cm³/mol. The van der Waals surface area contributed by atoms with Crippen LogP contribution in [0.3, 0.4) is 0 Å². The van der Waals surface area contributed by atoms with Gasteiger partial charge in [0.25, 0.3) is 0 Å². The van der Waals surface area contributed by atoms with Crippen LogP contribution in [0.25, 0.3) is 0 Å². The highest BCUT2D eigenvalue weighted by atomic mass is 16.4. The largest absolute Gasteiger partial charge is 0.502 e. The summed E-state index contributed by atoms with van der Waals surface area (Å²) in [6.45, 7) is 1.39. The van der Waals surface area contributed by atoms with Gasteiger partial charge in [-0.05, 0) is 35.4 Å². The van der Waals surface area contributed by atoms with Crippen LogP contribution >= 0.6 is 0 Å². The minimum absolute atomic E-state index is 0.306. The quantitative estimate of drug-likeness (QED) is 0.335. The van der Waals surface area contributed by atoms with Crippen LogP contribution in [-0.2, 0) is 17.9 Å². The van der Waals surface area contributed by atoms with E-state index in [-0.39, 0.29) is 0 Å². The summed E-state index contributed by atoms with van der Waals surface area (Å²) in [6, 6.07) is 27.1. The lowest BCUT2D eigenvalue weighted by atomic mass is 10.1. The normalized spacial score (nSPS) is 11.1. The number of ketones is 1. The lowest BCUT2D eigenvalue weighted by molar-refractivity contribution is -0.135. The SMILES string of the molecule is O=C(O)C(O)=CC(=O)c1ccc(N(Cc2ccccc2)Cc2ccccc2)cc1. The first-order valence-corrected chi connectivity index (χ1v) is 9.14. The summed E-state index contributed by atoms with van der Waals surface area (Å²) in [5.74, 6) is -3.07. The molecule has 0 unspecified atom stereocenters. The Morgan fingerprint density at radius 1 is 0.724 bits per heavy atom. The first kappa shape index (κ1) is 19.9. The van der Waals surface area contributed by atoms with E-state index in [0.29, 0.717) is 24.7 Å². The summed E-state index contributed by atoms with van der Waals surface area (Å²) in [5.41, 5.74) is 3.57.